The van der Waals surface area contributed by atoms with Gasteiger partial charge < -0.3 is 5.11 Å². The third-order valence-corrected chi connectivity index (χ3v) is 3.51. The van der Waals surface area contributed by atoms with E-state index < -0.39 is 35.1 Å². The van der Waals surface area contributed by atoms with Gasteiger partial charge in [0, 0.05) is 5.56 Å². The van der Waals surface area contributed by atoms with Gasteiger partial charge in [-0.1, -0.05) is 42.0 Å². The summed E-state index contributed by atoms with van der Waals surface area (Å²) in [5.41, 5.74) is -1.05. The molecule has 0 unspecified atom stereocenters. The Bertz CT molecular complexity index is 718. The van der Waals surface area contributed by atoms with E-state index in [1.807, 2.05) is 0 Å². The van der Waals surface area contributed by atoms with Gasteiger partial charge in [0.05, 0.1) is 5.56 Å². The molecule has 0 aliphatic rings. The van der Waals surface area contributed by atoms with E-state index in [0.29, 0.717) is 24.3 Å². The predicted octanol–water partition coefficient (Wildman–Crippen LogP) is 4.57. The number of carbonyl (C=O) groups excluding carboxylic acids is 1. The molecule has 0 heterocycles. The molecule has 0 aliphatic carbocycles. The molecule has 0 saturated carbocycles. The van der Waals surface area contributed by atoms with Crippen LogP contribution in [0.1, 0.15) is 33.2 Å². The number of ketones is 1. The third kappa shape index (κ3) is 3.62. The van der Waals surface area contributed by atoms with Gasteiger partial charge in [-0.05, 0) is 24.6 Å². The van der Waals surface area contributed by atoms with E-state index in [1.54, 1.807) is 6.92 Å². The maximum Gasteiger partial charge on any atom is 0.416 e. The monoisotopic (exact) mass is 344 g/mol. The van der Waals surface area contributed by atoms with Crippen molar-refractivity contribution in [3.05, 3.63) is 70.8 Å². The second-order valence-corrected chi connectivity index (χ2v) is 5.34. The molecule has 128 valence electrons. The number of hydrogen-bond acceptors (Lipinski definition) is 2. The van der Waals surface area contributed by atoms with E-state index in [2.05, 4.69) is 0 Å². The van der Waals surface area contributed by atoms with E-state index in [9.17, 15) is 31.9 Å². The number of hydrogen-bond donors (Lipinski definition) is 1. The zero-order valence-corrected chi connectivity index (χ0v) is 12.4. The number of carbonyl (C=O) groups is 1. The standard InChI is InChI=1S/C17H13F5O2/c1-10-2-4-11(5-3-10)14(23)16(18,19)15(24)12-6-8-13(9-7-12)17(20,21)22/h2-9,14,23H,1H3/t14-/m0/s1. The topological polar surface area (TPSA) is 37.3 Å². The molecule has 0 spiro atoms. The summed E-state index contributed by atoms with van der Waals surface area (Å²) in [4.78, 5) is 11.9. The van der Waals surface area contributed by atoms with Gasteiger partial charge in [-0.25, -0.2) is 0 Å². The highest BCUT2D eigenvalue weighted by molar-refractivity contribution is 6.01. The van der Waals surface area contributed by atoms with Crippen LogP contribution >= 0.6 is 0 Å². The second kappa shape index (κ2) is 6.32. The number of benzene rings is 2. The van der Waals surface area contributed by atoms with Crippen LogP contribution in [0.3, 0.4) is 0 Å². The average Bonchev–Trinajstić information content (AvgIpc) is 2.53. The molecule has 24 heavy (non-hydrogen) atoms. The fourth-order valence-electron chi connectivity index (χ4n) is 2.09. The first-order valence-corrected chi connectivity index (χ1v) is 6.88. The fourth-order valence-corrected chi connectivity index (χ4v) is 2.09. The summed E-state index contributed by atoms with van der Waals surface area (Å²) in [7, 11) is 0. The molecule has 2 aromatic carbocycles. The molecular formula is C17H13F5O2. The van der Waals surface area contributed by atoms with Crippen LogP contribution < -0.4 is 0 Å². The lowest BCUT2D eigenvalue weighted by atomic mass is 9.95. The molecule has 0 saturated heterocycles. The van der Waals surface area contributed by atoms with Crippen molar-refractivity contribution in [2.45, 2.75) is 25.1 Å². The summed E-state index contributed by atoms with van der Waals surface area (Å²) < 4.78 is 65.8. The number of halogens is 5. The van der Waals surface area contributed by atoms with E-state index in [0.717, 1.165) is 5.56 Å². The largest absolute Gasteiger partial charge is 0.416 e. The van der Waals surface area contributed by atoms with Crippen molar-refractivity contribution in [2.75, 3.05) is 0 Å². The number of alkyl halides is 5. The Morgan fingerprint density at radius 1 is 0.917 bits per heavy atom. The van der Waals surface area contributed by atoms with Crippen LogP contribution in [0.2, 0.25) is 0 Å². The molecule has 2 rings (SSSR count). The van der Waals surface area contributed by atoms with Crippen LogP contribution in [0.5, 0.6) is 0 Å². The van der Waals surface area contributed by atoms with Gasteiger partial charge in [-0.15, -0.1) is 0 Å². The van der Waals surface area contributed by atoms with E-state index in [-0.39, 0.29) is 5.56 Å². The van der Waals surface area contributed by atoms with Gasteiger partial charge in [0.2, 0.25) is 5.78 Å². The molecule has 7 heteroatoms. The molecule has 0 aromatic heterocycles. The first-order valence-electron chi connectivity index (χ1n) is 6.88. The summed E-state index contributed by atoms with van der Waals surface area (Å²) in [5, 5.41) is 9.80. The second-order valence-electron chi connectivity index (χ2n) is 5.34. The minimum atomic E-state index is -4.63. The Labute approximate surface area is 134 Å². The first-order chi connectivity index (χ1) is 11.0. The van der Waals surface area contributed by atoms with Crippen molar-refractivity contribution < 1.29 is 31.9 Å². The lowest BCUT2D eigenvalue weighted by Crippen LogP contribution is -2.36. The van der Waals surface area contributed by atoms with Gasteiger partial charge in [-0.3, -0.25) is 4.79 Å². The molecule has 1 atom stereocenters. The van der Waals surface area contributed by atoms with E-state index in [1.165, 1.54) is 24.3 Å². The SMILES string of the molecule is Cc1ccc([C@H](O)C(F)(F)C(=O)c2ccc(C(F)(F)F)cc2)cc1. The summed E-state index contributed by atoms with van der Waals surface area (Å²) in [5.74, 6) is -5.92. The molecule has 0 amide bonds. The van der Waals surface area contributed by atoms with Crippen LogP contribution in [-0.2, 0) is 6.18 Å². The normalized spacial score (nSPS) is 13.6. The minimum Gasteiger partial charge on any atom is -0.382 e. The lowest BCUT2D eigenvalue weighted by molar-refractivity contribution is -0.137. The number of aliphatic hydroxyl groups is 1. The molecule has 2 aromatic rings. The number of aliphatic hydroxyl groups excluding tert-OH is 1. The molecule has 0 radical (unpaired) electrons. The maximum absolute atomic E-state index is 14.2. The highest BCUT2D eigenvalue weighted by Crippen LogP contribution is 2.35. The number of aryl methyl sites for hydroxylation is 1. The van der Waals surface area contributed by atoms with Crippen LogP contribution in [0.4, 0.5) is 22.0 Å². The van der Waals surface area contributed by atoms with E-state index >= 15 is 0 Å². The van der Waals surface area contributed by atoms with Gasteiger partial charge >= 0.3 is 12.1 Å². The van der Waals surface area contributed by atoms with Gasteiger partial charge in [-0.2, -0.15) is 22.0 Å². The van der Waals surface area contributed by atoms with Gasteiger partial charge in [0.15, 0.2) is 6.10 Å². The van der Waals surface area contributed by atoms with Crippen molar-refractivity contribution in [1.29, 1.82) is 0 Å². The van der Waals surface area contributed by atoms with Crippen LogP contribution in [0.25, 0.3) is 0 Å². The Hall–Kier alpha value is -2.28. The maximum atomic E-state index is 14.2. The Kier molecular flexibility index (Phi) is 4.75. The highest BCUT2D eigenvalue weighted by Gasteiger charge is 2.47. The Balaban J connectivity index is 2.27. The zero-order valence-electron chi connectivity index (χ0n) is 12.4. The first kappa shape index (κ1) is 18.1. The van der Waals surface area contributed by atoms with E-state index in [4.69, 9.17) is 0 Å². The van der Waals surface area contributed by atoms with Crippen LogP contribution in [-0.4, -0.2) is 16.8 Å². The van der Waals surface area contributed by atoms with Crippen molar-refractivity contribution >= 4 is 5.78 Å². The van der Waals surface area contributed by atoms with Crippen LogP contribution in [0.15, 0.2) is 48.5 Å². The molecule has 0 fully saturated rings. The zero-order chi connectivity index (χ0) is 18.1. The highest BCUT2D eigenvalue weighted by atomic mass is 19.4. The Morgan fingerprint density at radius 3 is 1.88 bits per heavy atom. The Morgan fingerprint density at radius 2 is 1.42 bits per heavy atom. The molecule has 2 nitrogen and oxygen atoms in total. The average molecular weight is 344 g/mol. The third-order valence-electron chi connectivity index (χ3n) is 3.51. The molecule has 1 N–H and O–H groups in total. The predicted molar refractivity (Wildman–Crippen MR) is 76.9 cm³/mol. The lowest BCUT2D eigenvalue weighted by Gasteiger charge is -2.22. The number of rotatable bonds is 4. The quantitative estimate of drug-likeness (QED) is 0.652. The summed E-state index contributed by atoms with van der Waals surface area (Å²) in [6.45, 7) is 1.72. The smallest absolute Gasteiger partial charge is 0.382 e. The van der Waals surface area contributed by atoms with Gasteiger partial charge in [0.1, 0.15) is 0 Å². The van der Waals surface area contributed by atoms with Crippen molar-refractivity contribution in [3.63, 3.8) is 0 Å². The summed E-state index contributed by atoms with van der Waals surface area (Å²) >= 11 is 0. The summed E-state index contributed by atoms with van der Waals surface area (Å²) in [6, 6.07) is 7.93. The number of Topliss-reactive ketones (excluding diaryl/α,β-unsaturated/α-hetero) is 1. The molecule has 0 bridgehead atoms. The van der Waals surface area contributed by atoms with Crippen molar-refractivity contribution in [1.82, 2.24) is 0 Å². The van der Waals surface area contributed by atoms with Gasteiger partial charge in [0.25, 0.3) is 0 Å². The molecular weight excluding hydrogens is 331 g/mol. The minimum absolute atomic E-state index is 0.161. The summed E-state index contributed by atoms with van der Waals surface area (Å²) in [6.07, 6.45) is -7.03. The van der Waals surface area contributed by atoms with Crippen molar-refractivity contribution in [2.24, 2.45) is 0 Å². The van der Waals surface area contributed by atoms with Crippen LogP contribution in [0, 0.1) is 6.92 Å². The fraction of sp³-hybridized carbons (Fsp3) is 0.235. The molecule has 0 aliphatic heterocycles. The van der Waals surface area contributed by atoms with Crippen molar-refractivity contribution in [3.8, 4) is 0 Å².